The number of nitrogens with zero attached hydrogens (tertiary/aromatic N) is 3. The van der Waals surface area contributed by atoms with E-state index in [2.05, 4.69) is 49.7 Å². The first-order valence-corrected chi connectivity index (χ1v) is 7.98. The van der Waals surface area contributed by atoms with Gasteiger partial charge in [-0.15, -0.1) is 0 Å². The Bertz CT molecular complexity index is 434. The number of fused-ring (bicyclic) bond motifs is 1. The number of aryl methyl sites for hydroxylation is 1. The molecule has 1 aliphatic heterocycles. The Balaban J connectivity index is 2.42. The maximum atomic E-state index is 4.93. The van der Waals surface area contributed by atoms with Crippen molar-refractivity contribution in [2.45, 2.75) is 52.6 Å². The van der Waals surface area contributed by atoms with E-state index in [0.29, 0.717) is 12.0 Å². The van der Waals surface area contributed by atoms with Crippen LogP contribution in [-0.4, -0.2) is 41.6 Å². The fourth-order valence-electron chi connectivity index (χ4n) is 3.15. The van der Waals surface area contributed by atoms with Gasteiger partial charge in [0, 0.05) is 38.2 Å². The summed E-state index contributed by atoms with van der Waals surface area (Å²) < 4.78 is 2.57. The third kappa shape index (κ3) is 3.23. The lowest BCUT2D eigenvalue weighted by molar-refractivity contribution is 0.259. The number of hydrogen-bond acceptors (Lipinski definition) is 3. The number of nitrogens with one attached hydrogen (secondary N) is 1. The average molecular weight is 278 g/mol. The van der Waals surface area contributed by atoms with Crippen molar-refractivity contribution in [1.29, 1.82) is 0 Å². The molecule has 1 unspecified atom stereocenters. The monoisotopic (exact) mass is 278 g/mol. The second kappa shape index (κ2) is 6.72. The molecule has 0 aromatic carbocycles. The molecule has 1 aromatic heterocycles. The lowest BCUT2D eigenvalue weighted by Gasteiger charge is -2.30. The minimum atomic E-state index is 0.529. The quantitative estimate of drug-likeness (QED) is 0.866. The number of aromatic nitrogens is 2. The van der Waals surface area contributed by atoms with E-state index in [1.165, 1.54) is 17.2 Å². The van der Waals surface area contributed by atoms with Gasteiger partial charge in [-0.05, 0) is 26.4 Å². The van der Waals surface area contributed by atoms with Gasteiger partial charge in [0.15, 0.2) is 0 Å². The van der Waals surface area contributed by atoms with Crippen LogP contribution < -0.4 is 5.32 Å². The lowest BCUT2D eigenvalue weighted by atomic mass is 10.0. The minimum absolute atomic E-state index is 0.529. The van der Waals surface area contributed by atoms with Crippen molar-refractivity contribution in [2.24, 2.45) is 5.92 Å². The molecule has 4 nitrogen and oxygen atoms in total. The van der Waals surface area contributed by atoms with Gasteiger partial charge in [-0.1, -0.05) is 20.8 Å². The molecule has 0 radical (unpaired) electrons. The summed E-state index contributed by atoms with van der Waals surface area (Å²) in [5.41, 5.74) is 2.76. The van der Waals surface area contributed by atoms with Gasteiger partial charge in [0.25, 0.3) is 0 Å². The first-order chi connectivity index (χ1) is 9.54. The Morgan fingerprint density at radius 3 is 2.70 bits per heavy atom. The van der Waals surface area contributed by atoms with E-state index >= 15 is 0 Å². The van der Waals surface area contributed by atoms with E-state index in [1.54, 1.807) is 0 Å². The number of rotatable bonds is 6. The summed E-state index contributed by atoms with van der Waals surface area (Å²) >= 11 is 0. The van der Waals surface area contributed by atoms with E-state index in [0.717, 1.165) is 38.9 Å². The van der Waals surface area contributed by atoms with Gasteiger partial charge in [0.1, 0.15) is 5.82 Å². The van der Waals surface area contributed by atoms with E-state index < -0.39 is 0 Å². The van der Waals surface area contributed by atoms with Crippen LogP contribution in [-0.2, 0) is 19.4 Å². The molecular formula is C16H30N4. The first-order valence-electron chi connectivity index (χ1n) is 7.98. The Hall–Kier alpha value is -0.870. The van der Waals surface area contributed by atoms with Gasteiger partial charge < -0.3 is 14.8 Å². The fraction of sp³-hybridized carbons (Fsp3) is 0.812. The molecule has 1 N–H and O–H groups in total. The maximum Gasteiger partial charge on any atom is 0.109 e. The van der Waals surface area contributed by atoms with Crippen LogP contribution in [0.5, 0.6) is 0 Å². The van der Waals surface area contributed by atoms with E-state index in [9.17, 15) is 0 Å². The first kappa shape index (κ1) is 15.5. The molecule has 0 saturated carbocycles. The second-order valence-corrected chi connectivity index (χ2v) is 6.54. The zero-order valence-corrected chi connectivity index (χ0v) is 13.7. The van der Waals surface area contributed by atoms with Crippen molar-refractivity contribution in [3.8, 4) is 0 Å². The molecule has 0 fully saturated rings. The highest BCUT2D eigenvalue weighted by atomic mass is 15.2. The van der Waals surface area contributed by atoms with Crippen molar-refractivity contribution >= 4 is 0 Å². The highest BCUT2D eigenvalue weighted by Crippen LogP contribution is 2.27. The predicted octanol–water partition coefficient (Wildman–Crippen LogP) is 2.24. The van der Waals surface area contributed by atoms with Gasteiger partial charge in [-0.25, -0.2) is 4.98 Å². The highest BCUT2D eigenvalue weighted by Gasteiger charge is 2.26. The standard InChI is InChI=1S/C16H30N4/c1-6-7-16-18-13-10-17-9-8-14(13)20(16)15(12(2)3)11-19(4)5/h12,15,17H,6-11H2,1-5H3. The molecule has 4 heteroatoms. The van der Waals surface area contributed by atoms with Gasteiger partial charge in [-0.3, -0.25) is 0 Å². The van der Waals surface area contributed by atoms with Crippen LogP contribution in [0.3, 0.4) is 0 Å². The summed E-state index contributed by atoms with van der Waals surface area (Å²) in [7, 11) is 4.33. The van der Waals surface area contributed by atoms with Crippen LogP contribution in [0.4, 0.5) is 0 Å². The SMILES string of the molecule is CCCc1nc2c(n1C(CN(C)C)C(C)C)CCNC2. The smallest absolute Gasteiger partial charge is 0.109 e. The highest BCUT2D eigenvalue weighted by molar-refractivity contribution is 5.22. The number of imidazole rings is 1. The van der Waals surface area contributed by atoms with Crippen LogP contribution in [0, 0.1) is 5.92 Å². The van der Waals surface area contributed by atoms with Gasteiger partial charge in [0.05, 0.1) is 11.7 Å². The molecule has 0 bridgehead atoms. The van der Waals surface area contributed by atoms with Crippen molar-refractivity contribution in [1.82, 2.24) is 19.8 Å². The van der Waals surface area contributed by atoms with Crippen LogP contribution in [0.1, 0.15) is 50.4 Å². The molecule has 1 aliphatic rings. The molecular weight excluding hydrogens is 248 g/mol. The number of likely N-dealkylation sites (N-methyl/N-ethyl adjacent to an activating group) is 1. The normalized spacial score (nSPS) is 16.8. The Morgan fingerprint density at radius 2 is 2.10 bits per heavy atom. The average Bonchev–Trinajstić information content (AvgIpc) is 2.74. The number of hydrogen-bond donors (Lipinski definition) is 1. The van der Waals surface area contributed by atoms with Gasteiger partial charge in [0.2, 0.25) is 0 Å². The third-order valence-corrected chi connectivity index (χ3v) is 4.12. The van der Waals surface area contributed by atoms with Crippen LogP contribution in [0.25, 0.3) is 0 Å². The Labute approximate surface area is 123 Å². The molecule has 2 rings (SSSR count). The molecule has 20 heavy (non-hydrogen) atoms. The summed E-state index contributed by atoms with van der Waals surface area (Å²) in [5, 5.41) is 3.45. The Morgan fingerprint density at radius 1 is 1.35 bits per heavy atom. The minimum Gasteiger partial charge on any atom is -0.327 e. The zero-order valence-electron chi connectivity index (χ0n) is 13.7. The van der Waals surface area contributed by atoms with Gasteiger partial charge >= 0.3 is 0 Å². The van der Waals surface area contributed by atoms with Crippen LogP contribution >= 0.6 is 0 Å². The second-order valence-electron chi connectivity index (χ2n) is 6.54. The summed E-state index contributed by atoms with van der Waals surface area (Å²) in [4.78, 5) is 7.23. The van der Waals surface area contributed by atoms with E-state index in [1.807, 2.05) is 0 Å². The van der Waals surface area contributed by atoms with E-state index in [-0.39, 0.29) is 0 Å². The molecule has 0 saturated heterocycles. The molecule has 0 aliphatic carbocycles. The summed E-state index contributed by atoms with van der Waals surface area (Å²) in [6, 6.07) is 0.529. The summed E-state index contributed by atoms with van der Waals surface area (Å²) in [6.07, 6.45) is 3.36. The summed E-state index contributed by atoms with van der Waals surface area (Å²) in [6.45, 7) is 10.0. The molecule has 0 amide bonds. The molecule has 114 valence electrons. The topological polar surface area (TPSA) is 33.1 Å². The Kier molecular flexibility index (Phi) is 5.22. The van der Waals surface area contributed by atoms with Crippen LogP contribution in [0.2, 0.25) is 0 Å². The zero-order chi connectivity index (χ0) is 14.7. The van der Waals surface area contributed by atoms with Crippen molar-refractivity contribution in [3.63, 3.8) is 0 Å². The largest absolute Gasteiger partial charge is 0.327 e. The van der Waals surface area contributed by atoms with Crippen molar-refractivity contribution in [3.05, 3.63) is 17.2 Å². The van der Waals surface area contributed by atoms with E-state index in [4.69, 9.17) is 4.98 Å². The molecule has 1 atom stereocenters. The molecule has 1 aromatic rings. The van der Waals surface area contributed by atoms with Crippen molar-refractivity contribution < 1.29 is 0 Å². The van der Waals surface area contributed by atoms with Gasteiger partial charge in [-0.2, -0.15) is 0 Å². The molecule has 0 spiro atoms. The summed E-state index contributed by atoms with van der Waals surface area (Å²) in [5.74, 6) is 1.92. The fourth-order valence-corrected chi connectivity index (χ4v) is 3.15. The third-order valence-electron chi connectivity index (χ3n) is 4.12. The lowest BCUT2D eigenvalue weighted by Crippen LogP contribution is -2.32. The van der Waals surface area contributed by atoms with Crippen LogP contribution in [0.15, 0.2) is 0 Å². The molecule has 2 heterocycles. The predicted molar refractivity (Wildman–Crippen MR) is 84.1 cm³/mol. The van der Waals surface area contributed by atoms with Crippen molar-refractivity contribution in [2.75, 3.05) is 27.2 Å². The maximum absolute atomic E-state index is 4.93.